The van der Waals surface area contributed by atoms with Crippen LogP contribution < -0.4 is 5.32 Å². The molecule has 0 spiro atoms. The number of halogens is 1. The lowest BCUT2D eigenvalue weighted by molar-refractivity contribution is 0.394. The highest BCUT2D eigenvalue weighted by Crippen LogP contribution is 2.09. The van der Waals surface area contributed by atoms with Gasteiger partial charge in [-0.15, -0.1) is 11.6 Å². The number of hydrogen-bond donors (Lipinski definition) is 1. The van der Waals surface area contributed by atoms with Gasteiger partial charge in [0.2, 0.25) is 0 Å². The molecule has 0 amide bonds. The van der Waals surface area contributed by atoms with Gasteiger partial charge in [0.25, 0.3) is 0 Å². The summed E-state index contributed by atoms with van der Waals surface area (Å²) in [6, 6.07) is 0.719. The zero-order valence-electron chi connectivity index (χ0n) is 5.70. The SMILES string of the molecule is ClCC[C@H]1CCCCN1. The van der Waals surface area contributed by atoms with Gasteiger partial charge >= 0.3 is 0 Å². The Balaban J connectivity index is 2.08. The maximum absolute atomic E-state index is 5.59. The minimum atomic E-state index is 0.719. The van der Waals surface area contributed by atoms with Crippen LogP contribution in [-0.2, 0) is 0 Å². The number of nitrogens with one attached hydrogen (secondary N) is 1. The van der Waals surface area contributed by atoms with Crippen molar-refractivity contribution in [3.63, 3.8) is 0 Å². The van der Waals surface area contributed by atoms with E-state index in [1.54, 1.807) is 0 Å². The normalized spacial score (nSPS) is 28.3. The maximum Gasteiger partial charge on any atom is 0.0238 e. The van der Waals surface area contributed by atoms with Crippen molar-refractivity contribution in [1.82, 2.24) is 5.32 Å². The van der Waals surface area contributed by atoms with Crippen LogP contribution in [0.15, 0.2) is 0 Å². The lowest BCUT2D eigenvalue weighted by Gasteiger charge is -2.22. The topological polar surface area (TPSA) is 12.0 Å². The average Bonchev–Trinajstić information content (AvgIpc) is 1.91. The second-order valence-corrected chi connectivity index (χ2v) is 3.00. The van der Waals surface area contributed by atoms with Gasteiger partial charge in [0.05, 0.1) is 0 Å². The number of hydrogen-bond acceptors (Lipinski definition) is 1. The molecule has 1 atom stereocenters. The van der Waals surface area contributed by atoms with Gasteiger partial charge in [-0.25, -0.2) is 0 Å². The first-order valence-corrected chi connectivity index (χ1v) is 4.26. The summed E-state index contributed by atoms with van der Waals surface area (Å²) in [7, 11) is 0. The molecule has 1 aliphatic heterocycles. The fraction of sp³-hybridized carbons (Fsp3) is 1.00. The summed E-state index contributed by atoms with van der Waals surface area (Å²) in [5.41, 5.74) is 0. The van der Waals surface area contributed by atoms with Crippen LogP contribution >= 0.6 is 11.6 Å². The first-order chi connectivity index (χ1) is 4.43. The molecule has 1 rings (SSSR count). The molecule has 0 saturated carbocycles. The van der Waals surface area contributed by atoms with Crippen LogP contribution in [0, 0.1) is 0 Å². The Morgan fingerprint density at radius 1 is 1.44 bits per heavy atom. The summed E-state index contributed by atoms with van der Waals surface area (Å²) >= 11 is 5.59. The second kappa shape index (κ2) is 4.13. The third kappa shape index (κ3) is 2.55. The predicted molar refractivity (Wildman–Crippen MR) is 41.0 cm³/mol. The van der Waals surface area contributed by atoms with E-state index in [-0.39, 0.29) is 0 Å². The molecule has 0 bridgehead atoms. The van der Waals surface area contributed by atoms with Crippen molar-refractivity contribution in [1.29, 1.82) is 0 Å². The third-order valence-electron chi connectivity index (χ3n) is 1.87. The van der Waals surface area contributed by atoms with Gasteiger partial charge in [0, 0.05) is 11.9 Å². The molecule has 0 aromatic rings. The highest BCUT2D eigenvalue weighted by molar-refractivity contribution is 6.17. The summed E-state index contributed by atoms with van der Waals surface area (Å²) in [6.45, 7) is 1.20. The molecule has 0 aliphatic carbocycles. The van der Waals surface area contributed by atoms with Gasteiger partial charge in [-0.2, -0.15) is 0 Å². The lowest BCUT2D eigenvalue weighted by Crippen LogP contribution is -2.34. The predicted octanol–water partition coefficient (Wildman–Crippen LogP) is 1.76. The number of piperidine rings is 1. The van der Waals surface area contributed by atoms with E-state index >= 15 is 0 Å². The van der Waals surface area contributed by atoms with Gasteiger partial charge in [-0.3, -0.25) is 0 Å². The van der Waals surface area contributed by atoms with Crippen LogP contribution in [-0.4, -0.2) is 18.5 Å². The minimum absolute atomic E-state index is 0.719. The van der Waals surface area contributed by atoms with Gasteiger partial charge in [0.1, 0.15) is 0 Å². The smallest absolute Gasteiger partial charge is 0.0238 e. The fourth-order valence-electron chi connectivity index (χ4n) is 1.30. The highest BCUT2D eigenvalue weighted by Gasteiger charge is 2.10. The van der Waals surface area contributed by atoms with Crippen molar-refractivity contribution >= 4 is 11.6 Å². The fourth-order valence-corrected chi connectivity index (χ4v) is 1.57. The van der Waals surface area contributed by atoms with Crippen LogP contribution in [0.25, 0.3) is 0 Å². The van der Waals surface area contributed by atoms with Crippen LogP contribution in [0.4, 0.5) is 0 Å². The lowest BCUT2D eigenvalue weighted by atomic mass is 10.0. The van der Waals surface area contributed by atoms with Crippen molar-refractivity contribution in [2.24, 2.45) is 0 Å². The van der Waals surface area contributed by atoms with E-state index in [1.807, 2.05) is 0 Å². The summed E-state index contributed by atoms with van der Waals surface area (Å²) in [5, 5.41) is 3.44. The molecular formula is C7H14ClN. The van der Waals surface area contributed by atoms with Crippen molar-refractivity contribution in [2.45, 2.75) is 31.7 Å². The quantitative estimate of drug-likeness (QED) is 0.587. The third-order valence-corrected chi connectivity index (χ3v) is 2.09. The standard InChI is InChI=1S/C7H14ClN/c8-5-4-7-3-1-2-6-9-7/h7,9H,1-6H2/t7-/m1/s1. The molecule has 0 aromatic carbocycles. The molecule has 0 radical (unpaired) electrons. The van der Waals surface area contributed by atoms with Crippen molar-refractivity contribution in [3.8, 4) is 0 Å². The van der Waals surface area contributed by atoms with Crippen LogP contribution in [0.5, 0.6) is 0 Å². The second-order valence-electron chi connectivity index (χ2n) is 2.62. The van der Waals surface area contributed by atoms with E-state index < -0.39 is 0 Å². The monoisotopic (exact) mass is 147 g/mol. The number of rotatable bonds is 2. The van der Waals surface area contributed by atoms with Crippen molar-refractivity contribution in [2.75, 3.05) is 12.4 Å². The summed E-state index contributed by atoms with van der Waals surface area (Å²) in [4.78, 5) is 0. The first-order valence-electron chi connectivity index (χ1n) is 3.73. The molecule has 1 saturated heterocycles. The Kier molecular flexibility index (Phi) is 3.37. The summed E-state index contributed by atoms with van der Waals surface area (Å²) in [5.74, 6) is 0.803. The van der Waals surface area contributed by atoms with E-state index in [0.717, 1.165) is 18.3 Å². The summed E-state index contributed by atoms with van der Waals surface area (Å²) in [6.07, 6.45) is 5.20. The molecule has 1 fully saturated rings. The van der Waals surface area contributed by atoms with Gasteiger partial charge in [0.15, 0.2) is 0 Å². The maximum atomic E-state index is 5.59. The van der Waals surface area contributed by atoms with Crippen LogP contribution in [0.1, 0.15) is 25.7 Å². The zero-order chi connectivity index (χ0) is 6.53. The van der Waals surface area contributed by atoms with E-state index in [2.05, 4.69) is 5.32 Å². The molecule has 1 heterocycles. The Morgan fingerprint density at radius 3 is 2.89 bits per heavy atom. The zero-order valence-corrected chi connectivity index (χ0v) is 6.45. The Bertz CT molecular complexity index is 66.6. The van der Waals surface area contributed by atoms with E-state index in [0.29, 0.717) is 0 Å². The average molecular weight is 148 g/mol. The van der Waals surface area contributed by atoms with Crippen LogP contribution in [0.2, 0.25) is 0 Å². The van der Waals surface area contributed by atoms with E-state index in [9.17, 15) is 0 Å². The Hall–Kier alpha value is 0.250. The van der Waals surface area contributed by atoms with Gasteiger partial charge < -0.3 is 5.32 Å². The molecular weight excluding hydrogens is 134 g/mol. The molecule has 0 aromatic heterocycles. The molecule has 9 heavy (non-hydrogen) atoms. The van der Waals surface area contributed by atoms with Crippen LogP contribution in [0.3, 0.4) is 0 Å². The molecule has 1 N–H and O–H groups in total. The first kappa shape index (κ1) is 7.36. The molecule has 1 aliphatic rings. The van der Waals surface area contributed by atoms with Gasteiger partial charge in [-0.05, 0) is 25.8 Å². The number of alkyl halides is 1. The highest BCUT2D eigenvalue weighted by atomic mass is 35.5. The van der Waals surface area contributed by atoms with Crippen molar-refractivity contribution in [3.05, 3.63) is 0 Å². The minimum Gasteiger partial charge on any atom is -0.314 e. The molecule has 1 nitrogen and oxygen atoms in total. The summed E-state index contributed by atoms with van der Waals surface area (Å²) < 4.78 is 0. The van der Waals surface area contributed by atoms with E-state index in [4.69, 9.17) is 11.6 Å². The Morgan fingerprint density at radius 2 is 2.33 bits per heavy atom. The molecule has 2 heteroatoms. The van der Waals surface area contributed by atoms with Gasteiger partial charge in [-0.1, -0.05) is 6.42 Å². The Labute approximate surface area is 61.8 Å². The van der Waals surface area contributed by atoms with Crippen molar-refractivity contribution < 1.29 is 0 Å². The largest absolute Gasteiger partial charge is 0.314 e. The molecule has 0 unspecified atom stereocenters. The van der Waals surface area contributed by atoms with E-state index in [1.165, 1.54) is 25.8 Å². The molecule has 54 valence electrons.